The molecule has 1 amide bonds. The third-order valence-corrected chi connectivity index (χ3v) is 4.50. The number of hydrogen-bond acceptors (Lipinski definition) is 5. The number of amides is 1. The van der Waals surface area contributed by atoms with Gasteiger partial charge in [0.15, 0.2) is 0 Å². The fraction of sp³-hybridized carbons (Fsp3) is 0.261. The van der Waals surface area contributed by atoms with Crippen LogP contribution in [0.4, 0.5) is 5.82 Å². The zero-order valence-corrected chi connectivity index (χ0v) is 17.3. The molecule has 1 aromatic heterocycles. The number of carbonyl (C=O) groups is 2. The van der Waals surface area contributed by atoms with Crippen molar-refractivity contribution >= 4 is 17.7 Å². The third-order valence-electron chi connectivity index (χ3n) is 4.50. The Labute approximate surface area is 175 Å². The van der Waals surface area contributed by atoms with Crippen LogP contribution in [0.25, 0.3) is 16.9 Å². The van der Waals surface area contributed by atoms with Crippen LogP contribution < -0.4 is 10.1 Å². The van der Waals surface area contributed by atoms with Gasteiger partial charge in [0.25, 0.3) is 0 Å². The standard InChI is InChI=1S/C23H25N3O4/c1-4-30-23(28)14-13-22(27)24-21-15-20(17-7-11-19(29-3)12-8-17)25-26(21)18-9-5-16(2)6-10-18/h5-12,15H,4,13-14H2,1-3H3,(H,24,27). The minimum Gasteiger partial charge on any atom is -0.497 e. The Kier molecular flexibility index (Phi) is 6.85. The Bertz CT molecular complexity index is 1010. The highest BCUT2D eigenvalue weighted by Crippen LogP contribution is 2.26. The van der Waals surface area contributed by atoms with E-state index in [1.807, 2.05) is 61.5 Å². The van der Waals surface area contributed by atoms with Crippen LogP contribution in [0.3, 0.4) is 0 Å². The van der Waals surface area contributed by atoms with Crippen molar-refractivity contribution < 1.29 is 19.1 Å². The van der Waals surface area contributed by atoms with Crippen LogP contribution in [0.1, 0.15) is 25.3 Å². The number of ether oxygens (including phenoxy) is 2. The molecule has 156 valence electrons. The summed E-state index contributed by atoms with van der Waals surface area (Å²) in [6, 6.07) is 17.2. The van der Waals surface area contributed by atoms with Crippen molar-refractivity contribution in [1.29, 1.82) is 0 Å². The number of methoxy groups -OCH3 is 1. The Morgan fingerprint density at radius 1 is 1.03 bits per heavy atom. The van der Waals surface area contributed by atoms with Crippen LogP contribution in [0.5, 0.6) is 5.75 Å². The summed E-state index contributed by atoms with van der Waals surface area (Å²) in [4.78, 5) is 23.9. The van der Waals surface area contributed by atoms with E-state index in [4.69, 9.17) is 9.47 Å². The zero-order valence-electron chi connectivity index (χ0n) is 17.3. The summed E-state index contributed by atoms with van der Waals surface area (Å²) in [6.07, 6.45) is 0.0689. The maximum absolute atomic E-state index is 12.4. The second-order valence-electron chi connectivity index (χ2n) is 6.74. The molecule has 0 unspecified atom stereocenters. The molecule has 7 heteroatoms. The van der Waals surface area contributed by atoms with Crippen LogP contribution in [0, 0.1) is 6.92 Å². The molecule has 0 aliphatic rings. The van der Waals surface area contributed by atoms with Crippen LogP contribution in [0.15, 0.2) is 54.6 Å². The number of nitrogens with one attached hydrogen (secondary N) is 1. The first kappa shape index (κ1) is 21.1. The topological polar surface area (TPSA) is 82.5 Å². The van der Waals surface area contributed by atoms with Crippen molar-refractivity contribution in [2.45, 2.75) is 26.7 Å². The van der Waals surface area contributed by atoms with Gasteiger partial charge in [0.05, 0.1) is 31.5 Å². The predicted octanol–water partition coefficient (Wildman–Crippen LogP) is 4.14. The molecule has 30 heavy (non-hydrogen) atoms. The number of anilines is 1. The molecule has 1 N–H and O–H groups in total. The number of esters is 1. The number of carbonyl (C=O) groups excluding carboxylic acids is 2. The first-order valence-electron chi connectivity index (χ1n) is 9.77. The van der Waals surface area contributed by atoms with E-state index in [1.54, 1.807) is 18.7 Å². The van der Waals surface area contributed by atoms with E-state index in [2.05, 4.69) is 10.4 Å². The lowest BCUT2D eigenvalue weighted by molar-refractivity contribution is -0.144. The highest BCUT2D eigenvalue weighted by molar-refractivity contribution is 5.92. The lowest BCUT2D eigenvalue weighted by Crippen LogP contribution is -2.16. The second kappa shape index (κ2) is 9.73. The molecular formula is C23H25N3O4. The fourth-order valence-corrected chi connectivity index (χ4v) is 2.91. The molecule has 0 spiro atoms. The van der Waals surface area contributed by atoms with Crippen LogP contribution in [-0.4, -0.2) is 35.4 Å². The number of hydrogen-bond donors (Lipinski definition) is 1. The number of aromatic nitrogens is 2. The molecule has 0 atom stereocenters. The fourth-order valence-electron chi connectivity index (χ4n) is 2.91. The van der Waals surface area contributed by atoms with Crippen LogP contribution >= 0.6 is 0 Å². The molecule has 3 rings (SSSR count). The first-order chi connectivity index (χ1) is 14.5. The maximum atomic E-state index is 12.4. The number of nitrogens with zero attached hydrogens (tertiary/aromatic N) is 2. The average molecular weight is 407 g/mol. The molecule has 3 aromatic rings. The smallest absolute Gasteiger partial charge is 0.306 e. The van der Waals surface area contributed by atoms with Crippen molar-refractivity contribution in [1.82, 2.24) is 9.78 Å². The summed E-state index contributed by atoms with van der Waals surface area (Å²) in [7, 11) is 1.62. The minimum atomic E-state index is -0.390. The molecule has 0 bridgehead atoms. The lowest BCUT2D eigenvalue weighted by atomic mass is 10.1. The first-order valence-corrected chi connectivity index (χ1v) is 9.77. The van der Waals surface area contributed by atoms with E-state index in [1.165, 1.54) is 0 Å². The van der Waals surface area contributed by atoms with Gasteiger partial charge in [0.2, 0.25) is 5.91 Å². The maximum Gasteiger partial charge on any atom is 0.306 e. The molecular weight excluding hydrogens is 382 g/mol. The monoisotopic (exact) mass is 407 g/mol. The quantitative estimate of drug-likeness (QED) is 0.568. The third kappa shape index (κ3) is 5.26. The van der Waals surface area contributed by atoms with Gasteiger partial charge in [-0.25, -0.2) is 4.68 Å². The highest BCUT2D eigenvalue weighted by atomic mass is 16.5. The van der Waals surface area contributed by atoms with E-state index in [0.29, 0.717) is 18.1 Å². The Morgan fingerprint density at radius 2 is 1.73 bits per heavy atom. The molecule has 0 saturated heterocycles. The lowest BCUT2D eigenvalue weighted by Gasteiger charge is -2.09. The average Bonchev–Trinajstić information content (AvgIpc) is 3.16. The van der Waals surface area contributed by atoms with E-state index < -0.39 is 5.97 Å². The van der Waals surface area contributed by atoms with Crippen molar-refractivity contribution in [2.24, 2.45) is 0 Å². The molecule has 0 aliphatic heterocycles. The van der Waals surface area contributed by atoms with Gasteiger partial charge in [0.1, 0.15) is 11.6 Å². The van der Waals surface area contributed by atoms with Crippen molar-refractivity contribution in [3.63, 3.8) is 0 Å². The Morgan fingerprint density at radius 3 is 2.37 bits per heavy atom. The number of benzene rings is 2. The van der Waals surface area contributed by atoms with Gasteiger partial charge in [-0.15, -0.1) is 0 Å². The molecule has 0 saturated carbocycles. The molecule has 1 heterocycles. The van der Waals surface area contributed by atoms with E-state index in [0.717, 1.165) is 22.6 Å². The normalized spacial score (nSPS) is 10.5. The van der Waals surface area contributed by atoms with Crippen LogP contribution in [0.2, 0.25) is 0 Å². The van der Waals surface area contributed by atoms with Crippen molar-refractivity contribution in [3.8, 4) is 22.7 Å². The van der Waals surface area contributed by atoms with Crippen molar-refractivity contribution in [2.75, 3.05) is 19.0 Å². The van der Waals surface area contributed by atoms with Gasteiger partial charge in [-0.3, -0.25) is 9.59 Å². The van der Waals surface area contributed by atoms with Crippen molar-refractivity contribution in [3.05, 3.63) is 60.2 Å². The van der Waals surface area contributed by atoms with Gasteiger partial charge in [-0.05, 0) is 50.2 Å². The van der Waals surface area contributed by atoms with Gasteiger partial charge in [-0.2, -0.15) is 5.10 Å². The summed E-state index contributed by atoms with van der Waals surface area (Å²) in [5.74, 6) is 0.610. The SMILES string of the molecule is CCOC(=O)CCC(=O)Nc1cc(-c2ccc(OC)cc2)nn1-c1ccc(C)cc1. The summed E-state index contributed by atoms with van der Waals surface area (Å²) >= 11 is 0. The summed E-state index contributed by atoms with van der Waals surface area (Å²) in [5, 5.41) is 7.55. The molecule has 0 radical (unpaired) electrons. The number of rotatable bonds is 8. The largest absolute Gasteiger partial charge is 0.497 e. The molecule has 0 fully saturated rings. The Balaban J connectivity index is 1.87. The van der Waals surface area contributed by atoms with Gasteiger partial charge >= 0.3 is 5.97 Å². The molecule has 7 nitrogen and oxygen atoms in total. The minimum absolute atomic E-state index is 0.0314. The molecule has 2 aromatic carbocycles. The van der Waals surface area contributed by atoms with Gasteiger partial charge in [-0.1, -0.05) is 17.7 Å². The van der Waals surface area contributed by atoms with Gasteiger partial charge in [0, 0.05) is 18.1 Å². The highest BCUT2D eigenvalue weighted by Gasteiger charge is 2.15. The summed E-state index contributed by atoms with van der Waals surface area (Å²) < 4.78 is 11.8. The number of aryl methyl sites for hydroxylation is 1. The molecule has 0 aliphatic carbocycles. The second-order valence-corrected chi connectivity index (χ2v) is 6.74. The van der Waals surface area contributed by atoms with E-state index in [-0.39, 0.29) is 18.7 Å². The Hall–Kier alpha value is -3.61. The van der Waals surface area contributed by atoms with E-state index >= 15 is 0 Å². The predicted molar refractivity (Wildman–Crippen MR) is 115 cm³/mol. The summed E-state index contributed by atoms with van der Waals surface area (Å²) in [5.41, 5.74) is 3.55. The van der Waals surface area contributed by atoms with Crippen LogP contribution in [-0.2, 0) is 14.3 Å². The van der Waals surface area contributed by atoms with E-state index in [9.17, 15) is 9.59 Å². The van der Waals surface area contributed by atoms with Gasteiger partial charge < -0.3 is 14.8 Å². The zero-order chi connectivity index (χ0) is 21.5. The summed E-state index contributed by atoms with van der Waals surface area (Å²) in [6.45, 7) is 4.04.